The lowest BCUT2D eigenvalue weighted by molar-refractivity contribution is 0.100. The van der Waals surface area contributed by atoms with Crippen molar-refractivity contribution in [2.75, 3.05) is 4.42 Å². The summed E-state index contributed by atoms with van der Waals surface area (Å²) in [4.78, 5) is 26.7. The van der Waals surface area contributed by atoms with Gasteiger partial charge in [-0.05, 0) is 49.7 Å². The maximum Gasteiger partial charge on any atom is 0.276 e. The summed E-state index contributed by atoms with van der Waals surface area (Å²) < 4.78 is 1.05. The lowest BCUT2D eigenvalue weighted by Gasteiger charge is -2.09. The summed E-state index contributed by atoms with van der Waals surface area (Å²) in [6, 6.07) is 15.4. The quantitative estimate of drug-likeness (QED) is 0.398. The fourth-order valence-electron chi connectivity index (χ4n) is 2.95. The molecule has 0 saturated carbocycles. The van der Waals surface area contributed by atoms with Crippen molar-refractivity contribution in [3.63, 3.8) is 0 Å². The summed E-state index contributed by atoms with van der Waals surface area (Å²) in [6.07, 6.45) is 4.86. The van der Waals surface area contributed by atoms with Gasteiger partial charge in [-0.15, -0.1) is 0 Å². The standard InChI is InChI=1S/C22H17ClN4OS/c1-14-5-3-6-16(11-14)19-20(17-8-10-25-15(2)12-17)29-22(26-19)27(23)21(28)18-7-4-9-24-13-18/h3-13H,1-2H3. The Morgan fingerprint density at radius 1 is 1.03 bits per heavy atom. The molecule has 0 bridgehead atoms. The Kier molecular flexibility index (Phi) is 5.38. The molecule has 4 rings (SSSR count). The van der Waals surface area contributed by atoms with Crippen LogP contribution in [0.1, 0.15) is 21.6 Å². The third-order valence-corrected chi connectivity index (χ3v) is 5.82. The molecule has 144 valence electrons. The number of aryl methyl sites for hydroxylation is 2. The first kappa shape index (κ1) is 19.2. The van der Waals surface area contributed by atoms with E-state index in [0.717, 1.165) is 37.4 Å². The SMILES string of the molecule is Cc1cccc(-c2nc(N(Cl)C(=O)c3cccnc3)sc2-c2ccnc(C)c2)c1. The zero-order valence-corrected chi connectivity index (χ0v) is 17.4. The van der Waals surface area contributed by atoms with Crippen LogP contribution >= 0.6 is 23.1 Å². The number of hydrogen-bond donors (Lipinski definition) is 0. The highest BCUT2D eigenvalue weighted by molar-refractivity contribution is 7.20. The molecule has 1 aromatic carbocycles. The van der Waals surface area contributed by atoms with Crippen molar-refractivity contribution in [3.05, 3.63) is 83.9 Å². The number of pyridine rings is 2. The van der Waals surface area contributed by atoms with E-state index in [0.29, 0.717) is 10.7 Å². The van der Waals surface area contributed by atoms with Crippen LogP contribution in [0.15, 0.2) is 67.1 Å². The number of rotatable bonds is 4. The third kappa shape index (κ3) is 4.04. The van der Waals surface area contributed by atoms with Gasteiger partial charge < -0.3 is 0 Å². The van der Waals surface area contributed by atoms with Crippen molar-refractivity contribution in [3.8, 4) is 21.7 Å². The molecule has 4 aromatic rings. The molecule has 0 saturated heterocycles. The normalized spacial score (nSPS) is 10.7. The van der Waals surface area contributed by atoms with E-state index in [1.807, 2.05) is 44.2 Å². The third-order valence-electron chi connectivity index (χ3n) is 4.32. The van der Waals surface area contributed by atoms with Gasteiger partial charge in [0.05, 0.1) is 16.1 Å². The molecule has 0 atom stereocenters. The highest BCUT2D eigenvalue weighted by Crippen LogP contribution is 2.41. The Morgan fingerprint density at radius 3 is 2.62 bits per heavy atom. The zero-order valence-electron chi connectivity index (χ0n) is 15.8. The Labute approximate surface area is 177 Å². The van der Waals surface area contributed by atoms with Gasteiger partial charge in [0.1, 0.15) is 0 Å². The average Bonchev–Trinajstić information content (AvgIpc) is 3.19. The molecule has 0 fully saturated rings. The molecular formula is C22H17ClN4OS. The topological polar surface area (TPSA) is 59.0 Å². The minimum atomic E-state index is -0.373. The van der Waals surface area contributed by atoms with Crippen molar-refractivity contribution in [1.29, 1.82) is 0 Å². The van der Waals surface area contributed by atoms with Crippen LogP contribution in [0.4, 0.5) is 5.13 Å². The van der Waals surface area contributed by atoms with E-state index < -0.39 is 0 Å². The fraction of sp³-hybridized carbons (Fsp3) is 0.0909. The number of aromatic nitrogens is 3. The fourth-order valence-corrected chi connectivity index (χ4v) is 4.18. The molecule has 0 spiro atoms. The Morgan fingerprint density at radius 2 is 1.90 bits per heavy atom. The Bertz CT molecular complexity index is 1110. The van der Waals surface area contributed by atoms with Crippen LogP contribution in [0.5, 0.6) is 0 Å². The average molecular weight is 421 g/mol. The summed E-state index contributed by atoms with van der Waals surface area (Å²) in [5, 5.41) is 0.404. The van der Waals surface area contributed by atoms with Gasteiger partial charge >= 0.3 is 0 Å². The van der Waals surface area contributed by atoms with Crippen LogP contribution in [0.2, 0.25) is 0 Å². The summed E-state index contributed by atoms with van der Waals surface area (Å²) in [6.45, 7) is 3.98. The van der Waals surface area contributed by atoms with Gasteiger partial charge in [0.15, 0.2) is 0 Å². The first-order chi connectivity index (χ1) is 14.0. The van der Waals surface area contributed by atoms with Gasteiger partial charge in [-0.2, -0.15) is 4.42 Å². The second-order valence-electron chi connectivity index (χ2n) is 6.56. The minimum Gasteiger partial charge on any atom is -0.267 e. The monoisotopic (exact) mass is 420 g/mol. The van der Waals surface area contributed by atoms with Crippen LogP contribution in [-0.4, -0.2) is 20.9 Å². The lowest BCUT2D eigenvalue weighted by Crippen LogP contribution is -2.20. The molecule has 0 aliphatic carbocycles. The molecule has 0 aliphatic heterocycles. The molecule has 0 radical (unpaired) electrons. The van der Waals surface area contributed by atoms with Crippen molar-refractivity contribution < 1.29 is 4.79 Å². The smallest absolute Gasteiger partial charge is 0.267 e. The van der Waals surface area contributed by atoms with E-state index in [9.17, 15) is 4.79 Å². The molecule has 0 N–H and O–H groups in total. The van der Waals surface area contributed by atoms with E-state index in [-0.39, 0.29) is 5.91 Å². The predicted molar refractivity (Wildman–Crippen MR) is 117 cm³/mol. The van der Waals surface area contributed by atoms with E-state index in [4.69, 9.17) is 16.8 Å². The highest BCUT2D eigenvalue weighted by Gasteiger charge is 2.23. The molecule has 0 aliphatic rings. The van der Waals surface area contributed by atoms with Gasteiger partial charge in [0, 0.05) is 41.6 Å². The molecule has 5 nitrogen and oxygen atoms in total. The molecule has 3 aromatic heterocycles. The van der Waals surface area contributed by atoms with Gasteiger partial charge in [-0.1, -0.05) is 35.1 Å². The maximum atomic E-state index is 12.8. The number of hydrogen-bond acceptors (Lipinski definition) is 5. The first-order valence-electron chi connectivity index (χ1n) is 8.94. The first-order valence-corrected chi connectivity index (χ1v) is 10.1. The van der Waals surface area contributed by atoms with Crippen molar-refractivity contribution in [1.82, 2.24) is 15.0 Å². The minimum absolute atomic E-state index is 0.373. The number of halogens is 1. The molecule has 29 heavy (non-hydrogen) atoms. The Hall–Kier alpha value is -3.09. The summed E-state index contributed by atoms with van der Waals surface area (Å²) in [5.74, 6) is -0.373. The van der Waals surface area contributed by atoms with E-state index >= 15 is 0 Å². The summed E-state index contributed by atoms with van der Waals surface area (Å²) in [7, 11) is 0. The van der Waals surface area contributed by atoms with Crippen LogP contribution in [-0.2, 0) is 0 Å². The number of carbonyl (C=O) groups excluding carboxylic acids is 1. The Balaban J connectivity index is 1.82. The van der Waals surface area contributed by atoms with Gasteiger partial charge in [-0.25, -0.2) is 4.98 Å². The van der Waals surface area contributed by atoms with Gasteiger partial charge in [-0.3, -0.25) is 14.8 Å². The van der Waals surface area contributed by atoms with Crippen molar-refractivity contribution >= 4 is 34.2 Å². The summed E-state index contributed by atoms with van der Waals surface area (Å²) in [5.41, 5.74) is 5.16. The zero-order chi connectivity index (χ0) is 20.4. The number of thiazole rings is 1. The van der Waals surface area contributed by atoms with Crippen molar-refractivity contribution in [2.24, 2.45) is 0 Å². The van der Waals surface area contributed by atoms with E-state index in [2.05, 4.69) is 16.0 Å². The number of amides is 1. The maximum absolute atomic E-state index is 12.8. The molecule has 0 unspecified atom stereocenters. The van der Waals surface area contributed by atoms with Gasteiger partial charge in [0.2, 0.25) is 5.13 Å². The summed E-state index contributed by atoms with van der Waals surface area (Å²) >= 11 is 7.77. The van der Waals surface area contributed by atoms with Crippen LogP contribution in [0, 0.1) is 13.8 Å². The van der Waals surface area contributed by atoms with Crippen LogP contribution < -0.4 is 4.42 Å². The molecule has 1 amide bonds. The van der Waals surface area contributed by atoms with Crippen LogP contribution in [0.3, 0.4) is 0 Å². The number of anilines is 1. The van der Waals surface area contributed by atoms with E-state index in [1.54, 1.807) is 24.5 Å². The number of nitrogens with zero attached hydrogens (tertiary/aromatic N) is 4. The molecular weight excluding hydrogens is 404 g/mol. The lowest BCUT2D eigenvalue weighted by atomic mass is 10.1. The number of benzene rings is 1. The molecule has 7 heteroatoms. The second-order valence-corrected chi connectivity index (χ2v) is 7.87. The molecule has 3 heterocycles. The number of carbonyl (C=O) groups is 1. The second kappa shape index (κ2) is 8.11. The predicted octanol–water partition coefficient (Wildman–Crippen LogP) is 5.68. The largest absolute Gasteiger partial charge is 0.276 e. The van der Waals surface area contributed by atoms with E-state index in [1.165, 1.54) is 17.5 Å². The van der Waals surface area contributed by atoms with Crippen molar-refractivity contribution in [2.45, 2.75) is 13.8 Å². The van der Waals surface area contributed by atoms with Gasteiger partial charge in [0.25, 0.3) is 5.91 Å². The highest BCUT2D eigenvalue weighted by atomic mass is 35.5. The van der Waals surface area contributed by atoms with Crippen LogP contribution in [0.25, 0.3) is 21.7 Å².